The zero-order chi connectivity index (χ0) is 16.9. The van der Waals surface area contributed by atoms with Gasteiger partial charge in [-0.05, 0) is 19.1 Å². The lowest BCUT2D eigenvalue weighted by Gasteiger charge is -2.27. The fraction of sp³-hybridized carbons (Fsp3) is 0.333. The van der Waals surface area contributed by atoms with Gasteiger partial charge in [-0.2, -0.15) is 0 Å². The third-order valence-corrected chi connectivity index (χ3v) is 3.17. The van der Waals surface area contributed by atoms with Gasteiger partial charge in [0.05, 0.1) is 30.5 Å². The Morgan fingerprint density at radius 3 is 2.65 bits per heavy atom. The Labute approximate surface area is 133 Å². The largest absolute Gasteiger partial charge is 0.481 e. The summed E-state index contributed by atoms with van der Waals surface area (Å²) in [6, 6.07) is 9.22. The summed E-state index contributed by atoms with van der Waals surface area (Å²) in [5, 5.41) is 19.4. The van der Waals surface area contributed by atoms with Crippen molar-refractivity contribution in [3.05, 3.63) is 42.2 Å². The SMILES string of the molecule is COCC(C)(CC(=O)O)NC(=O)c1cn(-c2ccccc2)nn1. The second-order valence-electron chi connectivity index (χ2n) is 5.40. The molecule has 1 unspecified atom stereocenters. The van der Waals surface area contributed by atoms with Crippen LogP contribution in [0.15, 0.2) is 36.5 Å². The summed E-state index contributed by atoms with van der Waals surface area (Å²) in [5.74, 6) is -1.54. The Balaban J connectivity index is 2.14. The van der Waals surface area contributed by atoms with Crippen LogP contribution in [0.1, 0.15) is 23.8 Å². The fourth-order valence-corrected chi connectivity index (χ4v) is 2.20. The number of aliphatic carboxylic acids is 1. The average molecular weight is 318 g/mol. The number of aromatic nitrogens is 3. The fourth-order valence-electron chi connectivity index (χ4n) is 2.20. The van der Waals surface area contributed by atoms with E-state index in [1.807, 2.05) is 30.3 Å². The number of carbonyl (C=O) groups excluding carboxylic acids is 1. The van der Waals surface area contributed by atoms with Crippen LogP contribution in [0.25, 0.3) is 5.69 Å². The van der Waals surface area contributed by atoms with Crippen LogP contribution in [0.5, 0.6) is 0 Å². The molecule has 1 heterocycles. The van der Waals surface area contributed by atoms with Crippen molar-refractivity contribution >= 4 is 11.9 Å². The van der Waals surface area contributed by atoms with Gasteiger partial charge in [-0.15, -0.1) is 5.10 Å². The lowest BCUT2D eigenvalue weighted by Crippen LogP contribution is -2.50. The van der Waals surface area contributed by atoms with E-state index in [1.165, 1.54) is 18.0 Å². The van der Waals surface area contributed by atoms with E-state index in [2.05, 4.69) is 15.6 Å². The van der Waals surface area contributed by atoms with E-state index in [9.17, 15) is 9.59 Å². The second-order valence-corrected chi connectivity index (χ2v) is 5.40. The monoisotopic (exact) mass is 318 g/mol. The zero-order valence-corrected chi connectivity index (χ0v) is 12.9. The van der Waals surface area contributed by atoms with Crippen molar-refractivity contribution in [3.8, 4) is 5.69 Å². The van der Waals surface area contributed by atoms with Crippen molar-refractivity contribution in [2.24, 2.45) is 0 Å². The van der Waals surface area contributed by atoms with Gasteiger partial charge in [0.15, 0.2) is 5.69 Å². The number of nitrogens with one attached hydrogen (secondary N) is 1. The van der Waals surface area contributed by atoms with Crippen molar-refractivity contribution in [3.63, 3.8) is 0 Å². The zero-order valence-electron chi connectivity index (χ0n) is 12.9. The summed E-state index contributed by atoms with van der Waals surface area (Å²) < 4.78 is 6.47. The number of carboxylic acid groups (broad SMARTS) is 1. The van der Waals surface area contributed by atoms with Crippen LogP contribution in [-0.4, -0.2) is 51.2 Å². The number of rotatable bonds is 7. The molecule has 0 spiro atoms. The molecule has 2 N–H and O–H groups in total. The molecule has 1 atom stereocenters. The summed E-state index contributed by atoms with van der Waals surface area (Å²) in [4.78, 5) is 23.2. The molecule has 0 bridgehead atoms. The summed E-state index contributed by atoms with van der Waals surface area (Å²) in [6.07, 6.45) is 1.22. The molecule has 0 aliphatic rings. The molecule has 0 fully saturated rings. The highest BCUT2D eigenvalue weighted by Gasteiger charge is 2.30. The molecule has 1 amide bonds. The number of hydrogen-bond donors (Lipinski definition) is 2. The minimum atomic E-state index is -1.03. The predicted octanol–water partition coefficient (Wildman–Crippen LogP) is 0.877. The van der Waals surface area contributed by atoms with Gasteiger partial charge < -0.3 is 15.2 Å². The molecule has 1 aromatic carbocycles. The number of carbonyl (C=O) groups is 2. The van der Waals surface area contributed by atoms with Gasteiger partial charge in [-0.1, -0.05) is 23.4 Å². The molecule has 23 heavy (non-hydrogen) atoms. The summed E-state index contributed by atoms with van der Waals surface area (Å²) in [5.41, 5.74) is -0.167. The maximum Gasteiger partial charge on any atom is 0.305 e. The number of carboxylic acids is 1. The van der Waals surface area contributed by atoms with Crippen LogP contribution in [0.2, 0.25) is 0 Å². The molecule has 0 aliphatic carbocycles. The van der Waals surface area contributed by atoms with E-state index in [0.29, 0.717) is 0 Å². The quantitative estimate of drug-likeness (QED) is 0.785. The molecule has 122 valence electrons. The number of para-hydroxylation sites is 1. The Hall–Kier alpha value is -2.74. The topological polar surface area (TPSA) is 106 Å². The first-order valence-electron chi connectivity index (χ1n) is 6.94. The van der Waals surface area contributed by atoms with Crippen molar-refractivity contribution in [2.75, 3.05) is 13.7 Å². The number of methoxy groups -OCH3 is 1. The van der Waals surface area contributed by atoms with Crippen LogP contribution < -0.4 is 5.32 Å². The Morgan fingerprint density at radius 1 is 1.35 bits per heavy atom. The first-order chi connectivity index (χ1) is 10.9. The molecule has 2 aromatic rings. The smallest absolute Gasteiger partial charge is 0.305 e. The molecule has 0 radical (unpaired) electrons. The van der Waals surface area contributed by atoms with E-state index >= 15 is 0 Å². The van der Waals surface area contributed by atoms with E-state index in [0.717, 1.165) is 5.69 Å². The lowest BCUT2D eigenvalue weighted by molar-refractivity contribution is -0.139. The highest BCUT2D eigenvalue weighted by Crippen LogP contribution is 2.12. The maximum absolute atomic E-state index is 12.3. The maximum atomic E-state index is 12.3. The number of hydrogen-bond acceptors (Lipinski definition) is 5. The van der Waals surface area contributed by atoms with Crippen LogP contribution in [0, 0.1) is 0 Å². The summed E-state index contributed by atoms with van der Waals surface area (Å²) >= 11 is 0. The van der Waals surface area contributed by atoms with Gasteiger partial charge in [0.1, 0.15) is 0 Å². The molecular weight excluding hydrogens is 300 g/mol. The minimum Gasteiger partial charge on any atom is -0.481 e. The molecule has 1 aromatic heterocycles. The van der Waals surface area contributed by atoms with Crippen LogP contribution in [0.3, 0.4) is 0 Å². The molecule has 8 nitrogen and oxygen atoms in total. The number of benzene rings is 1. The van der Waals surface area contributed by atoms with E-state index in [-0.39, 0.29) is 18.7 Å². The minimum absolute atomic E-state index is 0.0673. The molecule has 8 heteroatoms. The molecule has 0 saturated carbocycles. The molecule has 0 saturated heterocycles. The molecular formula is C15H18N4O4. The number of ether oxygens (including phenoxy) is 1. The van der Waals surface area contributed by atoms with Gasteiger partial charge in [-0.3, -0.25) is 9.59 Å². The lowest BCUT2D eigenvalue weighted by atomic mass is 9.99. The summed E-state index contributed by atoms with van der Waals surface area (Å²) in [7, 11) is 1.44. The van der Waals surface area contributed by atoms with Crippen molar-refractivity contribution in [2.45, 2.75) is 18.9 Å². The van der Waals surface area contributed by atoms with Gasteiger partial charge in [0, 0.05) is 7.11 Å². The second kappa shape index (κ2) is 7.01. The Kier molecular flexibility index (Phi) is 5.07. The number of nitrogens with zero attached hydrogens (tertiary/aromatic N) is 3. The van der Waals surface area contributed by atoms with Gasteiger partial charge in [-0.25, -0.2) is 4.68 Å². The standard InChI is InChI=1S/C15H18N4O4/c1-15(10-23-2,8-13(20)21)16-14(22)12-9-19(18-17-12)11-6-4-3-5-7-11/h3-7,9H,8,10H2,1-2H3,(H,16,22)(H,20,21). The third-order valence-electron chi connectivity index (χ3n) is 3.17. The Morgan fingerprint density at radius 2 is 2.04 bits per heavy atom. The molecule has 2 rings (SSSR count). The summed E-state index contributed by atoms with van der Waals surface area (Å²) in [6.45, 7) is 1.67. The van der Waals surface area contributed by atoms with Crippen LogP contribution in [-0.2, 0) is 9.53 Å². The average Bonchev–Trinajstić information content (AvgIpc) is 2.97. The number of amides is 1. The Bertz CT molecular complexity index is 686. The van der Waals surface area contributed by atoms with Gasteiger partial charge in [0.25, 0.3) is 5.91 Å². The van der Waals surface area contributed by atoms with Gasteiger partial charge >= 0.3 is 5.97 Å². The normalized spacial score (nSPS) is 13.3. The van der Waals surface area contributed by atoms with E-state index < -0.39 is 17.4 Å². The first kappa shape index (κ1) is 16.6. The third kappa shape index (κ3) is 4.36. The first-order valence-corrected chi connectivity index (χ1v) is 6.94. The van der Waals surface area contributed by atoms with Gasteiger partial charge in [0.2, 0.25) is 0 Å². The molecule has 0 aliphatic heterocycles. The highest BCUT2D eigenvalue weighted by atomic mass is 16.5. The van der Waals surface area contributed by atoms with E-state index in [1.54, 1.807) is 6.92 Å². The van der Waals surface area contributed by atoms with Crippen molar-refractivity contribution in [1.82, 2.24) is 20.3 Å². The van der Waals surface area contributed by atoms with E-state index in [4.69, 9.17) is 9.84 Å². The highest BCUT2D eigenvalue weighted by molar-refractivity contribution is 5.92. The predicted molar refractivity (Wildman–Crippen MR) is 81.4 cm³/mol. The van der Waals surface area contributed by atoms with Crippen LogP contribution >= 0.6 is 0 Å². The van der Waals surface area contributed by atoms with Crippen molar-refractivity contribution < 1.29 is 19.4 Å². The van der Waals surface area contributed by atoms with Crippen LogP contribution in [0.4, 0.5) is 0 Å². The van der Waals surface area contributed by atoms with Crippen molar-refractivity contribution in [1.29, 1.82) is 0 Å².